The second-order valence-corrected chi connectivity index (χ2v) is 6.91. The second-order valence-electron chi connectivity index (χ2n) is 5.83. The van der Waals surface area contributed by atoms with Crippen molar-refractivity contribution in [2.24, 2.45) is 0 Å². The van der Waals surface area contributed by atoms with Gasteiger partial charge in [0.05, 0.1) is 11.5 Å². The molecule has 0 aromatic carbocycles. The molecule has 0 amide bonds. The molecule has 0 radical (unpaired) electrons. The minimum Gasteiger partial charge on any atom is -0.391 e. The zero-order valence-corrected chi connectivity index (χ0v) is 12.3. The van der Waals surface area contributed by atoms with E-state index >= 15 is 0 Å². The monoisotopic (exact) mass is 289 g/mol. The van der Waals surface area contributed by atoms with Crippen molar-refractivity contribution in [3.8, 4) is 0 Å². The smallest absolute Gasteiger partial charge is 0.141 e. The van der Waals surface area contributed by atoms with E-state index in [0.29, 0.717) is 6.54 Å². The van der Waals surface area contributed by atoms with E-state index in [1.165, 1.54) is 35.1 Å². The number of aromatic nitrogens is 2. The highest BCUT2D eigenvalue weighted by molar-refractivity contribution is 7.19. The fraction of sp³-hybridized carbons (Fsp3) is 0.600. The summed E-state index contributed by atoms with van der Waals surface area (Å²) in [5.74, 6) is 1.05. The number of anilines is 1. The highest BCUT2D eigenvalue weighted by Gasteiger charge is 2.25. The Morgan fingerprint density at radius 1 is 1.20 bits per heavy atom. The van der Waals surface area contributed by atoms with Crippen LogP contribution in [0.3, 0.4) is 0 Å². The standard InChI is InChI=1S/C15H19N3OS/c19-10-4-3-7-18(8-10)14-13-11-5-1-2-6-12(11)20-15(13)17-9-16-14/h9-10,19H,1-8H2/t10-/m1/s1. The number of hydrogen-bond donors (Lipinski definition) is 1. The number of thiophene rings is 1. The number of aliphatic hydroxyl groups excluding tert-OH is 1. The Bertz CT molecular complexity index is 639. The summed E-state index contributed by atoms with van der Waals surface area (Å²) in [4.78, 5) is 13.9. The van der Waals surface area contributed by atoms with Gasteiger partial charge in [-0.3, -0.25) is 0 Å². The van der Waals surface area contributed by atoms with Gasteiger partial charge in [0, 0.05) is 18.0 Å². The van der Waals surface area contributed by atoms with E-state index in [1.807, 2.05) is 11.3 Å². The Balaban J connectivity index is 1.84. The van der Waals surface area contributed by atoms with Crippen molar-refractivity contribution in [3.05, 3.63) is 16.8 Å². The number of piperidine rings is 1. The molecule has 1 aliphatic carbocycles. The van der Waals surface area contributed by atoms with E-state index in [4.69, 9.17) is 0 Å². The number of hydrogen-bond acceptors (Lipinski definition) is 5. The molecule has 1 fully saturated rings. The van der Waals surface area contributed by atoms with E-state index in [0.717, 1.165) is 36.5 Å². The van der Waals surface area contributed by atoms with Crippen LogP contribution >= 0.6 is 11.3 Å². The molecule has 0 unspecified atom stereocenters. The first-order chi connectivity index (χ1) is 9.83. The third-order valence-corrected chi connectivity index (χ3v) is 5.63. The maximum absolute atomic E-state index is 9.92. The highest BCUT2D eigenvalue weighted by atomic mass is 32.1. The molecule has 1 aliphatic heterocycles. The van der Waals surface area contributed by atoms with Crippen molar-refractivity contribution < 1.29 is 5.11 Å². The van der Waals surface area contributed by atoms with Crippen LogP contribution in [0.1, 0.15) is 36.1 Å². The van der Waals surface area contributed by atoms with Gasteiger partial charge in [-0.05, 0) is 44.1 Å². The van der Waals surface area contributed by atoms with Crippen LogP contribution in [0, 0.1) is 0 Å². The van der Waals surface area contributed by atoms with Gasteiger partial charge in [0.15, 0.2) is 0 Å². The Morgan fingerprint density at radius 3 is 3.00 bits per heavy atom. The van der Waals surface area contributed by atoms with Crippen molar-refractivity contribution in [2.45, 2.75) is 44.6 Å². The molecule has 3 heterocycles. The molecule has 1 saturated heterocycles. The first-order valence-electron chi connectivity index (χ1n) is 7.51. The van der Waals surface area contributed by atoms with Gasteiger partial charge in [-0.15, -0.1) is 11.3 Å². The minimum absolute atomic E-state index is 0.219. The summed E-state index contributed by atoms with van der Waals surface area (Å²) in [6.07, 6.45) is 8.33. The van der Waals surface area contributed by atoms with Crippen LogP contribution in [0.15, 0.2) is 6.33 Å². The van der Waals surface area contributed by atoms with Crippen molar-refractivity contribution in [3.63, 3.8) is 0 Å². The molecule has 4 rings (SSSR count). The summed E-state index contributed by atoms with van der Waals surface area (Å²) >= 11 is 1.84. The fourth-order valence-corrected chi connectivity index (χ4v) is 4.68. The third-order valence-electron chi connectivity index (χ3n) is 4.43. The van der Waals surface area contributed by atoms with E-state index in [9.17, 15) is 5.11 Å². The van der Waals surface area contributed by atoms with Crippen LogP contribution < -0.4 is 4.90 Å². The van der Waals surface area contributed by atoms with Gasteiger partial charge in [-0.25, -0.2) is 9.97 Å². The predicted octanol–water partition coefficient (Wildman–Crippen LogP) is 2.53. The topological polar surface area (TPSA) is 49.2 Å². The van der Waals surface area contributed by atoms with Crippen LogP contribution in [0.5, 0.6) is 0 Å². The van der Waals surface area contributed by atoms with Gasteiger partial charge in [0.25, 0.3) is 0 Å². The van der Waals surface area contributed by atoms with Crippen molar-refractivity contribution in [2.75, 3.05) is 18.0 Å². The maximum Gasteiger partial charge on any atom is 0.141 e. The van der Waals surface area contributed by atoms with Gasteiger partial charge in [-0.2, -0.15) is 0 Å². The van der Waals surface area contributed by atoms with Crippen molar-refractivity contribution in [1.29, 1.82) is 0 Å². The largest absolute Gasteiger partial charge is 0.391 e. The Kier molecular flexibility index (Phi) is 3.11. The Hall–Kier alpha value is -1.20. The maximum atomic E-state index is 9.92. The van der Waals surface area contributed by atoms with Crippen molar-refractivity contribution in [1.82, 2.24) is 9.97 Å². The lowest BCUT2D eigenvalue weighted by atomic mass is 9.96. The van der Waals surface area contributed by atoms with E-state index in [-0.39, 0.29) is 6.10 Å². The lowest BCUT2D eigenvalue weighted by Crippen LogP contribution is -2.38. The SMILES string of the molecule is O[C@@H]1CCCN(c2ncnc3sc4c(c23)CCCC4)C1. The second kappa shape index (κ2) is 4.97. The Labute approximate surface area is 122 Å². The summed E-state index contributed by atoms with van der Waals surface area (Å²) in [6.45, 7) is 1.70. The van der Waals surface area contributed by atoms with Crippen LogP contribution in [-0.4, -0.2) is 34.3 Å². The van der Waals surface area contributed by atoms with Gasteiger partial charge in [0.1, 0.15) is 17.0 Å². The number of rotatable bonds is 1. The Morgan fingerprint density at radius 2 is 2.10 bits per heavy atom. The normalized spacial score (nSPS) is 23.1. The zero-order chi connectivity index (χ0) is 13.5. The molecule has 5 heteroatoms. The number of nitrogens with zero attached hydrogens (tertiary/aromatic N) is 3. The number of aryl methyl sites for hydroxylation is 2. The van der Waals surface area contributed by atoms with Gasteiger partial charge < -0.3 is 10.0 Å². The minimum atomic E-state index is -0.219. The fourth-order valence-electron chi connectivity index (χ4n) is 3.46. The first kappa shape index (κ1) is 12.5. The lowest BCUT2D eigenvalue weighted by molar-refractivity contribution is 0.154. The molecule has 106 valence electrons. The number of β-amino-alcohol motifs (C(OH)–C–C–N with tert-alkyl or cyclic N) is 1. The van der Waals surface area contributed by atoms with Crippen LogP contribution in [0.2, 0.25) is 0 Å². The summed E-state index contributed by atoms with van der Waals surface area (Å²) in [5, 5.41) is 11.2. The molecule has 0 saturated carbocycles. The first-order valence-corrected chi connectivity index (χ1v) is 8.33. The molecule has 2 aromatic heterocycles. The highest BCUT2D eigenvalue weighted by Crippen LogP contribution is 2.39. The van der Waals surface area contributed by atoms with Crippen LogP contribution in [-0.2, 0) is 12.8 Å². The molecule has 1 atom stereocenters. The van der Waals surface area contributed by atoms with Crippen LogP contribution in [0.4, 0.5) is 5.82 Å². The summed E-state index contributed by atoms with van der Waals surface area (Å²) in [6, 6.07) is 0. The number of aliphatic hydroxyl groups is 1. The van der Waals surface area contributed by atoms with Gasteiger partial charge in [0.2, 0.25) is 0 Å². The summed E-state index contributed by atoms with van der Waals surface area (Å²) in [5.41, 5.74) is 1.48. The van der Waals surface area contributed by atoms with Gasteiger partial charge >= 0.3 is 0 Å². The zero-order valence-electron chi connectivity index (χ0n) is 11.5. The predicted molar refractivity (Wildman–Crippen MR) is 81.5 cm³/mol. The lowest BCUT2D eigenvalue weighted by Gasteiger charge is -2.31. The van der Waals surface area contributed by atoms with E-state index in [1.54, 1.807) is 6.33 Å². The summed E-state index contributed by atoms with van der Waals surface area (Å²) < 4.78 is 0. The van der Waals surface area contributed by atoms with E-state index in [2.05, 4.69) is 14.9 Å². The molecule has 0 bridgehead atoms. The average Bonchev–Trinajstić information content (AvgIpc) is 2.85. The third kappa shape index (κ3) is 2.00. The van der Waals surface area contributed by atoms with E-state index < -0.39 is 0 Å². The molecule has 2 aliphatic rings. The molecule has 2 aromatic rings. The number of fused-ring (bicyclic) bond motifs is 3. The average molecular weight is 289 g/mol. The molecule has 0 spiro atoms. The quantitative estimate of drug-likeness (QED) is 0.876. The van der Waals surface area contributed by atoms with Gasteiger partial charge in [-0.1, -0.05) is 0 Å². The van der Waals surface area contributed by atoms with Crippen molar-refractivity contribution >= 4 is 27.4 Å². The molecular formula is C15H19N3OS. The van der Waals surface area contributed by atoms with Crippen LogP contribution in [0.25, 0.3) is 10.2 Å². The summed E-state index contributed by atoms with van der Waals surface area (Å²) in [7, 11) is 0. The molecule has 1 N–H and O–H groups in total. The molecular weight excluding hydrogens is 270 g/mol. The molecule has 4 nitrogen and oxygen atoms in total. The molecule has 20 heavy (non-hydrogen) atoms.